The minimum atomic E-state index is -0.557. The van der Waals surface area contributed by atoms with Crippen LogP contribution in [0.1, 0.15) is 60.8 Å². The van der Waals surface area contributed by atoms with E-state index in [1.807, 2.05) is 48.5 Å². The number of piperidine rings is 1. The molecule has 0 unspecified atom stereocenters. The average Bonchev–Trinajstić information content (AvgIpc) is 3.48. The van der Waals surface area contributed by atoms with Crippen molar-refractivity contribution in [2.45, 2.75) is 63.6 Å². The second-order valence-corrected chi connectivity index (χ2v) is 10.8. The van der Waals surface area contributed by atoms with Crippen molar-refractivity contribution < 1.29 is 38.4 Å². The van der Waals surface area contributed by atoms with Gasteiger partial charge in [-0.3, -0.25) is 4.79 Å². The minimum Gasteiger partial charge on any atom is -0.465 e. The van der Waals surface area contributed by atoms with Gasteiger partial charge in [0.05, 0.1) is 38.6 Å². The summed E-state index contributed by atoms with van der Waals surface area (Å²) >= 11 is 0. The maximum atomic E-state index is 12.0. The molecule has 3 aliphatic heterocycles. The highest BCUT2D eigenvalue weighted by Gasteiger charge is 2.41. The van der Waals surface area contributed by atoms with Crippen molar-refractivity contribution in [2.75, 3.05) is 46.0 Å². The topological polar surface area (TPSA) is 128 Å². The predicted octanol–water partition coefficient (Wildman–Crippen LogP) is 2.93. The summed E-state index contributed by atoms with van der Waals surface area (Å²) in [6, 6.07) is 15.2. The summed E-state index contributed by atoms with van der Waals surface area (Å²) in [5, 5.41) is 14.7. The summed E-state index contributed by atoms with van der Waals surface area (Å²) in [6.45, 7) is 5.98. The Morgan fingerprint density at radius 2 is 1.62 bits per heavy atom. The van der Waals surface area contributed by atoms with Gasteiger partial charge in [-0.15, -0.1) is 0 Å². The van der Waals surface area contributed by atoms with Gasteiger partial charge in [0, 0.05) is 51.0 Å². The molecule has 3 fully saturated rings. The number of esters is 1. The SMILES string of the molecule is CCOC(=O)CNC(=O)NCc1ccc([C@H]2O[C@@H](CN3CCC4(CC3)OCCO4)C[C@@H](c3ccc(CO)cc3)O2)cc1. The van der Waals surface area contributed by atoms with Crippen LogP contribution in [0.3, 0.4) is 0 Å². The summed E-state index contributed by atoms with van der Waals surface area (Å²) in [4.78, 5) is 25.9. The number of hydrogen-bond acceptors (Lipinski definition) is 9. The lowest BCUT2D eigenvalue weighted by molar-refractivity contribution is -0.255. The van der Waals surface area contributed by atoms with Gasteiger partial charge in [-0.2, -0.15) is 0 Å². The van der Waals surface area contributed by atoms with Crippen molar-refractivity contribution in [3.8, 4) is 0 Å². The van der Waals surface area contributed by atoms with Gasteiger partial charge in [-0.1, -0.05) is 48.5 Å². The normalized spacial score (nSPS) is 23.9. The van der Waals surface area contributed by atoms with E-state index in [0.717, 1.165) is 54.7 Å². The molecule has 5 rings (SSSR count). The van der Waals surface area contributed by atoms with E-state index >= 15 is 0 Å². The minimum absolute atomic E-state index is 0.00168. The number of ether oxygens (including phenoxy) is 5. The fraction of sp³-hybridized carbons (Fsp3) is 0.548. The number of nitrogens with one attached hydrogen (secondary N) is 2. The molecule has 3 saturated heterocycles. The molecule has 3 atom stereocenters. The highest BCUT2D eigenvalue weighted by molar-refractivity contribution is 5.80. The molecule has 1 spiro atoms. The summed E-state index contributed by atoms with van der Waals surface area (Å²) < 4.78 is 29.6. The Bertz CT molecular complexity index is 1160. The zero-order chi connectivity index (χ0) is 29.4. The standard InChI is InChI=1S/C31H41N3O8/c1-2-38-28(36)19-33-30(37)32-18-22-3-9-25(10-4-22)29-41-26(17-27(42-29)24-7-5-23(21-35)6-8-24)20-34-13-11-31(12-14-34)39-15-16-40-31/h3-10,26-27,29,35H,2,11-21H2,1H3,(H2,32,33,37)/t26-,27+,29+/m1/s1. The third-order valence-electron chi connectivity index (χ3n) is 7.91. The molecule has 2 aromatic carbocycles. The van der Waals surface area contributed by atoms with Crippen LogP contribution in [0.2, 0.25) is 0 Å². The molecule has 0 saturated carbocycles. The lowest BCUT2D eigenvalue weighted by Gasteiger charge is -2.41. The van der Waals surface area contributed by atoms with Gasteiger partial charge in [0.2, 0.25) is 0 Å². The van der Waals surface area contributed by atoms with Crippen LogP contribution in [-0.2, 0) is 41.6 Å². The van der Waals surface area contributed by atoms with E-state index in [2.05, 4.69) is 15.5 Å². The molecule has 0 radical (unpaired) electrons. The molecule has 3 heterocycles. The summed E-state index contributed by atoms with van der Waals surface area (Å²) in [6.07, 6.45) is 1.65. The maximum Gasteiger partial charge on any atom is 0.325 e. The van der Waals surface area contributed by atoms with E-state index in [-0.39, 0.29) is 32.0 Å². The molecule has 0 aromatic heterocycles. The zero-order valence-electron chi connectivity index (χ0n) is 24.1. The number of aliphatic hydroxyl groups excluding tert-OH is 1. The zero-order valence-corrected chi connectivity index (χ0v) is 24.1. The number of nitrogens with zero attached hydrogens (tertiary/aromatic N) is 1. The Hall–Kier alpha value is -3.06. The second kappa shape index (κ2) is 14.4. The quantitative estimate of drug-likeness (QED) is 0.362. The van der Waals surface area contributed by atoms with Crippen molar-refractivity contribution in [3.63, 3.8) is 0 Å². The van der Waals surface area contributed by atoms with Gasteiger partial charge in [0.15, 0.2) is 12.1 Å². The van der Waals surface area contributed by atoms with E-state index < -0.39 is 24.1 Å². The van der Waals surface area contributed by atoms with Crippen LogP contribution in [0, 0.1) is 0 Å². The molecule has 11 nitrogen and oxygen atoms in total. The van der Waals surface area contributed by atoms with Crippen molar-refractivity contribution in [1.82, 2.24) is 15.5 Å². The summed E-state index contributed by atoms with van der Waals surface area (Å²) in [7, 11) is 0. The van der Waals surface area contributed by atoms with Crippen LogP contribution in [0.25, 0.3) is 0 Å². The lowest BCUT2D eigenvalue weighted by Crippen LogP contribution is -2.48. The molecule has 42 heavy (non-hydrogen) atoms. The maximum absolute atomic E-state index is 12.0. The molecule has 3 aliphatic rings. The van der Waals surface area contributed by atoms with Crippen LogP contribution >= 0.6 is 0 Å². The van der Waals surface area contributed by atoms with E-state index in [1.54, 1.807) is 6.92 Å². The van der Waals surface area contributed by atoms with E-state index in [9.17, 15) is 14.7 Å². The Morgan fingerprint density at radius 1 is 0.952 bits per heavy atom. The largest absolute Gasteiger partial charge is 0.465 e. The Labute approximate surface area is 246 Å². The van der Waals surface area contributed by atoms with Crippen LogP contribution in [0.5, 0.6) is 0 Å². The van der Waals surface area contributed by atoms with Crippen molar-refractivity contribution in [3.05, 3.63) is 70.8 Å². The fourth-order valence-electron chi connectivity index (χ4n) is 5.58. The number of carbonyl (C=O) groups is 2. The molecular weight excluding hydrogens is 542 g/mol. The molecule has 2 aromatic rings. The molecule has 228 valence electrons. The number of amides is 2. The number of likely N-dealkylation sites (tertiary alicyclic amines) is 1. The Morgan fingerprint density at radius 3 is 2.29 bits per heavy atom. The van der Waals surface area contributed by atoms with Gasteiger partial charge >= 0.3 is 12.0 Å². The number of aliphatic hydroxyl groups is 1. The molecule has 3 N–H and O–H groups in total. The summed E-state index contributed by atoms with van der Waals surface area (Å²) in [5.41, 5.74) is 3.69. The first-order chi connectivity index (χ1) is 20.4. The first-order valence-electron chi connectivity index (χ1n) is 14.7. The summed E-state index contributed by atoms with van der Waals surface area (Å²) in [5.74, 6) is -0.892. The number of benzene rings is 2. The molecule has 11 heteroatoms. The highest BCUT2D eigenvalue weighted by Crippen LogP contribution is 2.39. The molecule has 0 bridgehead atoms. The molecular formula is C31H41N3O8. The molecule has 0 aliphatic carbocycles. The van der Waals surface area contributed by atoms with Gasteiger partial charge in [0.1, 0.15) is 6.54 Å². The van der Waals surface area contributed by atoms with Crippen molar-refractivity contribution in [1.29, 1.82) is 0 Å². The predicted molar refractivity (Wildman–Crippen MR) is 152 cm³/mol. The Kier molecular flexibility index (Phi) is 10.4. The lowest BCUT2D eigenvalue weighted by atomic mass is 9.98. The second-order valence-electron chi connectivity index (χ2n) is 10.8. The van der Waals surface area contributed by atoms with Crippen LogP contribution in [-0.4, -0.2) is 79.9 Å². The van der Waals surface area contributed by atoms with Gasteiger partial charge < -0.3 is 44.3 Å². The Balaban J connectivity index is 1.20. The van der Waals surface area contributed by atoms with E-state index in [0.29, 0.717) is 26.2 Å². The number of urea groups is 1. The third-order valence-corrected chi connectivity index (χ3v) is 7.91. The first-order valence-corrected chi connectivity index (χ1v) is 14.7. The number of rotatable bonds is 10. The first kappa shape index (κ1) is 30.4. The van der Waals surface area contributed by atoms with Gasteiger partial charge in [0.25, 0.3) is 0 Å². The third kappa shape index (κ3) is 8.06. The highest BCUT2D eigenvalue weighted by atomic mass is 16.7. The van der Waals surface area contributed by atoms with Gasteiger partial charge in [-0.05, 0) is 23.6 Å². The average molecular weight is 584 g/mol. The van der Waals surface area contributed by atoms with Crippen molar-refractivity contribution >= 4 is 12.0 Å². The smallest absolute Gasteiger partial charge is 0.325 e. The monoisotopic (exact) mass is 583 g/mol. The molecule has 2 amide bonds. The fourth-order valence-corrected chi connectivity index (χ4v) is 5.58. The van der Waals surface area contributed by atoms with E-state index in [4.69, 9.17) is 23.7 Å². The van der Waals surface area contributed by atoms with Crippen LogP contribution in [0.15, 0.2) is 48.5 Å². The van der Waals surface area contributed by atoms with Gasteiger partial charge in [-0.25, -0.2) is 4.79 Å². The van der Waals surface area contributed by atoms with Crippen LogP contribution in [0.4, 0.5) is 4.79 Å². The number of carbonyl (C=O) groups excluding carboxylic acids is 2. The number of hydrogen-bond donors (Lipinski definition) is 3. The van der Waals surface area contributed by atoms with Crippen molar-refractivity contribution in [2.24, 2.45) is 0 Å². The van der Waals surface area contributed by atoms with Crippen LogP contribution < -0.4 is 10.6 Å². The van der Waals surface area contributed by atoms with E-state index in [1.165, 1.54) is 0 Å².